The van der Waals surface area contributed by atoms with Gasteiger partial charge in [0.2, 0.25) is 5.91 Å². The lowest BCUT2D eigenvalue weighted by Crippen LogP contribution is -2.33. The lowest BCUT2D eigenvalue weighted by molar-refractivity contribution is -0.120. The number of nitrogens with zero attached hydrogens (tertiary/aromatic N) is 2. The molecular weight excluding hydrogens is 328 g/mol. The van der Waals surface area contributed by atoms with Gasteiger partial charge in [0.25, 0.3) is 5.56 Å². The zero-order chi connectivity index (χ0) is 16.9. The summed E-state index contributed by atoms with van der Waals surface area (Å²) < 4.78 is 0. The Morgan fingerprint density at radius 1 is 1.46 bits per heavy atom. The number of aromatic amines is 1. The predicted molar refractivity (Wildman–Crippen MR) is 93.3 cm³/mol. The minimum absolute atomic E-state index is 0.0495. The van der Waals surface area contributed by atoms with Crippen LogP contribution < -0.4 is 15.8 Å². The van der Waals surface area contributed by atoms with Gasteiger partial charge in [0.15, 0.2) is 0 Å². The van der Waals surface area contributed by atoms with E-state index in [1.807, 2.05) is 24.3 Å². The van der Waals surface area contributed by atoms with Crippen molar-refractivity contribution in [1.29, 1.82) is 0 Å². The van der Waals surface area contributed by atoms with Crippen LogP contribution in [-0.4, -0.2) is 35.5 Å². The number of aromatic nitrogens is 2. The zero-order valence-corrected chi connectivity index (χ0v) is 13.9. The molecule has 1 aliphatic rings. The molecule has 24 heavy (non-hydrogen) atoms. The first-order chi connectivity index (χ1) is 11.6. The minimum atomic E-state index is -0.270. The summed E-state index contributed by atoms with van der Waals surface area (Å²) in [5.41, 5.74) is 1.22. The van der Waals surface area contributed by atoms with Crippen molar-refractivity contribution in [2.24, 2.45) is 5.92 Å². The maximum Gasteiger partial charge on any atom is 0.254 e. The van der Waals surface area contributed by atoms with Gasteiger partial charge in [0, 0.05) is 42.1 Å². The Morgan fingerprint density at radius 3 is 3.12 bits per heavy atom. The third-order valence-corrected chi connectivity index (χ3v) is 4.43. The Kier molecular flexibility index (Phi) is 5.15. The first-order valence-corrected chi connectivity index (χ1v) is 8.28. The number of benzene rings is 1. The summed E-state index contributed by atoms with van der Waals surface area (Å²) in [6, 6.07) is 7.80. The summed E-state index contributed by atoms with van der Waals surface area (Å²) >= 11 is 6.04. The van der Waals surface area contributed by atoms with Gasteiger partial charge in [-0.1, -0.05) is 17.7 Å². The van der Waals surface area contributed by atoms with Gasteiger partial charge < -0.3 is 15.2 Å². The van der Waals surface area contributed by atoms with Crippen LogP contribution in [0.2, 0.25) is 5.02 Å². The van der Waals surface area contributed by atoms with Crippen LogP contribution in [0.5, 0.6) is 0 Å². The van der Waals surface area contributed by atoms with Crippen molar-refractivity contribution in [3.8, 4) is 0 Å². The SMILES string of the molecule is O=C(Cc1cnc[nH]c1=O)NCC1CCN(c2cccc(Cl)c2)C1. The lowest BCUT2D eigenvalue weighted by Gasteiger charge is -2.19. The molecule has 126 valence electrons. The highest BCUT2D eigenvalue weighted by molar-refractivity contribution is 6.30. The van der Waals surface area contributed by atoms with Crippen LogP contribution in [0.25, 0.3) is 0 Å². The highest BCUT2D eigenvalue weighted by atomic mass is 35.5. The van der Waals surface area contributed by atoms with Crippen molar-refractivity contribution in [2.45, 2.75) is 12.8 Å². The highest BCUT2D eigenvalue weighted by Crippen LogP contribution is 2.25. The van der Waals surface area contributed by atoms with E-state index in [4.69, 9.17) is 11.6 Å². The molecule has 1 atom stereocenters. The molecule has 2 N–H and O–H groups in total. The van der Waals surface area contributed by atoms with E-state index < -0.39 is 0 Å². The van der Waals surface area contributed by atoms with E-state index in [0.29, 0.717) is 18.0 Å². The number of anilines is 1. The Hall–Kier alpha value is -2.34. The van der Waals surface area contributed by atoms with Crippen molar-refractivity contribution in [2.75, 3.05) is 24.5 Å². The molecule has 1 aliphatic heterocycles. The van der Waals surface area contributed by atoms with Crippen molar-refractivity contribution < 1.29 is 4.79 Å². The molecule has 1 aromatic carbocycles. The van der Waals surface area contributed by atoms with Crippen molar-refractivity contribution in [1.82, 2.24) is 15.3 Å². The fraction of sp³-hybridized carbons (Fsp3) is 0.353. The summed E-state index contributed by atoms with van der Waals surface area (Å²) in [4.78, 5) is 32.1. The molecule has 2 aromatic rings. The molecule has 0 saturated carbocycles. The van der Waals surface area contributed by atoms with E-state index in [0.717, 1.165) is 30.2 Å². The highest BCUT2D eigenvalue weighted by Gasteiger charge is 2.23. The summed E-state index contributed by atoms with van der Waals surface area (Å²) in [7, 11) is 0. The summed E-state index contributed by atoms with van der Waals surface area (Å²) in [5.74, 6) is 0.231. The van der Waals surface area contributed by atoms with Gasteiger partial charge in [-0.15, -0.1) is 0 Å². The fourth-order valence-electron chi connectivity index (χ4n) is 2.90. The summed E-state index contributed by atoms with van der Waals surface area (Å²) in [6.07, 6.45) is 3.80. The predicted octanol–water partition coefficient (Wildman–Crippen LogP) is 1.61. The van der Waals surface area contributed by atoms with E-state index in [1.165, 1.54) is 12.5 Å². The van der Waals surface area contributed by atoms with Crippen LogP contribution in [0, 0.1) is 5.92 Å². The minimum Gasteiger partial charge on any atom is -0.371 e. The van der Waals surface area contributed by atoms with Gasteiger partial charge >= 0.3 is 0 Å². The largest absolute Gasteiger partial charge is 0.371 e. The zero-order valence-electron chi connectivity index (χ0n) is 13.2. The molecule has 6 nitrogen and oxygen atoms in total. The Labute approximate surface area is 144 Å². The van der Waals surface area contributed by atoms with Crippen LogP contribution in [-0.2, 0) is 11.2 Å². The van der Waals surface area contributed by atoms with Crippen molar-refractivity contribution >= 4 is 23.2 Å². The number of hydrogen-bond donors (Lipinski definition) is 2. The van der Waals surface area contributed by atoms with E-state index in [9.17, 15) is 9.59 Å². The third-order valence-electron chi connectivity index (χ3n) is 4.19. The molecule has 0 radical (unpaired) electrons. The molecule has 0 aliphatic carbocycles. The Bertz CT molecular complexity index is 777. The second kappa shape index (κ2) is 7.49. The quantitative estimate of drug-likeness (QED) is 0.862. The molecule has 7 heteroatoms. The number of hydrogen-bond acceptors (Lipinski definition) is 4. The van der Waals surface area contributed by atoms with E-state index in [-0.39, 0.29) is 17.9 Å². The standard InChI is InChI=1S/C17H19ClN4O2/c18-14-2-1-3-15(7-14)22-5-4-12(10-22)8-20-16(23)6-13-9-19-11-21-17(13)24/h1-3,7,9,11-12H,4-6,8,10H2,(H,20,23)(H,19,21,24). The van der Waals surface area contributed by atoms with Gasteiger partial charge in [-0.25, -0.2) is 4.98 Å². The second-order valence-electron chi connectivity index (χ2n) is 5.97. The molecule has 1 saturated heterocycles. The fourth-order valence-corrected chi connectivity index (χ4v) is 3.09. The average molecular weight is 347 g/mol. The normalized spacial score (nSPS) is 17.0. The van der Waals surface area contributed by atoms with Crippen LogP contribution in [0.1, 0.15) is 12.0 Å². The first-order valence-electron chi connectivity index (χ1n) is 7.90. The van der Waals surface area contributed by atoms with E-state index >= 15 is 0 Å². The number of H-pyrrole nitrogens is 1. The smallest absolute Gasteiger partial charge is 0.254 e. The number of halogens is 1. The monoisotopic (exact) mass is 346 g/mol. The molecule has 1 amide bonds. The maximum absolute atomic E-state index is 12.0. The molecule has 3 rings (SSSR count). The summed E-state index contributed by atoms with van der Waals surface area (Å²) in [6.45, 7) is 2.44. The number of carbonyl (C=O) groups is 1. The molecule has 1 fully saturated rings. The molecule has 1 unspecified atom stereocenters. The molecule has 0 spiro atoms. The van der Waals surface area contributed by atoms with Crippen LogP contribution in [0.3, 0.4) is 0 Å². The van der Waals surface area contributed by atoms with Crippen LogP contribution >= 0.6 is 11.6 Å². The molecule has 0 bridgehead atoms. The number of amides is 1. The summed E-state index contributed by atoms with van der Waals surface area (Å²) in [5, 5.41) is 3.64. The third kappa shape index (κ3) is 4.14. The van der Waals surface area contributed by atoms with Crippen molar-refractivity contribution in [3.05, 3.63) is 57.7 Å². The molecule has 1 aromatic heterocycles. The average Bonchev–Trinajstić information content (AvgIpc) is 3.04. The maximum atomic E-state index is 12.0. The topological polar surface area (TPSA) is 78.1 Å². The lowest BCUT2D eigenvalue weighted by atomic mass is 10.1. The first kappa shape index (κ1) is 16.5. The van der Waals surface area contributed by atoms with Gasteiger partial charge in [-0.2, -0.15) is 0 Å². The van der Waals surface area contributed by atoms with Crippen LogP contribution in [0.15, 0.2) is 41.6 Å². The van der Waals surface area contributed by atoms with Gasteiger partial charge in [-0.05, 0) is 30.5 Å². The van der Waals surface area contributed by atoms with Crippen molar-refractivity contribution in [3.63, 3.8) is 0 Å². The number of carbonyl (C=O) groups excluding carboxylic acids is 1. The van der Waals surface area contributed by atoms with Gasteiger partial charge in [0.1, 0.15) is 0 Å². The second-order valence-corrected chi connectivity index (χ2v) is 6.40. The Balaban J connectivity index is 1.48. The van der Waals surface area contributed by atoms with Crippen LogP contribution in [0.4, 0.5) is 5.69 Å². The Morgan fingerprint density at radius 2 is 2.33 bits per heavy atom. The molecule has 2 heterocycles. The van der Waals surface area contributed by atoms with Gasteiger partial charge in [0.05, 0.1) is 12.7 Å². The van der Waals surface area contributed by atoms with E-state index in [1.54, 1.807) is 0 Å². The van der Waals surface area contributed by atoms with Gasteiger partial charge in [-0.3, -0.25) is 9.59 Å². The molecular formula is C17H19ClN4O2. The number of nitrogens with one attached hydrogen (secondary N) is 2. The van der Waals surface area contributed by atoms with E-state index in [2.05, 4.69) is 20.2 Å². The number of rotatable bonds is 5.